The zero-order valence-corrected chi connectivity index (χ0v) is 17.2. The fraction of sp³-hybridized carbons (Fsp3) is 0.0556. The fourth-order valence-corrected chi connectivity index (χ4v) is 2.66. The zero-order valence-electron chi connectivity index (χ0n) is 15.5. The molecule has 10 nitrogen and oxygen atoms in total. The van der Waals surface area contributed by atoms with Gasteiger partial charge >= 0.3 is 0 Å². The summed E-state index contributed by atoms with van der Waals surface area (Å²) in [4.78, 5) is 10.9. The van der Waals surface area contributed by atoms with Gasteiger partial charge in [-0.05, 0) is 24.3 Å². The van der Waals surface area contributed by atoms with Gasteiger partial charge in [0.1, 0.15) is 23.1 Å². The summed E-state index contributed by atoms with van der Waals surface area (Å²) in [5.41, 5.74) is 12.3. The monoisotopic (exact) mass is 452 g/mol. The lowest BCUT2D eigenvalue weighted by atomic mass is 10.0. The number of ether oxygens (including phenoxy) is 1. The second-order valence-electron chi connectivity index (χ2n) is 5.81. The second kappa shape index (κ2) is 9.72. The van der Waals surface area contributed by atoms with Gasteiger partial charge in [-0.15, -0.1) is 24.8 Å². The molecule has 0 aliphatic carbocycles. The molecule has 3 aromatic rings. The van der Waals surface area contributed by atoms with E-state index in [1.165, 1.54) is 31.4 Å². The lowest BCUT2D eigenvalue weighted by Gasteiger charge is -2.07. The number of methoxy groups -OCH3 is 1. The molecule has 0 saturated carbocycles. The molecule has 0 atom stereocenters. The topological polar surface area (TPSA) is 178 Å². The first-order chi connectivity index (χ1) is 13.3. The van der Waals surface area contributed by atoms with Crippen LogP contribution in [0.3, 0.4) is 0 Å². The number of rotatable bonds is 6. The van der Waals surface area contributed by atoms with Crippen molar-refractivity contribution in [2.24, 2.45) is 11.5 Å². The number of hydrogen-bond acceptors (Lipinski definition) is 7. The van der Waals surface area contributed by atoms with E-state index in [2.05, 4.69) is 5.16 Å². The Morgan fingerprint density at radius 1 is 1.03 bits per heavy atom. The fourth-order valence-electron chi connectivity index (χ4n) is 2.66. The van der Waals surface area contributed by atoms with Crippen LogP contribution in [0.15, 0.2) is 47.0 Å². The number of nitrogens with zero attached hydrogens (tertiary/aromatic N) is 2. The van der Waals surface area contributed by atoms with E-state index in [9.17, 15) is 10.1 Å². The predicted molar refractivity (Wildman–Crippen MR) is 117 cm³/mol. The maximum absolute atomic E-state index is 11.4. The molecule has 12 heteroatoms. The molecule has 30 heavy (non-hydrogen) atoms. The Bertz CT molecular complexity index is 1120. The predicted octanol–water partition coefficient (Wildman–Crippen LogP) is 3.34. The summed E-state index contributed by atoms with van der Waals surface area (Å²) >= 11 is 0. The van der Waals surface area contributed by atoms with Crippen LogP contribution in [0, 0.1) is 20.9 Å². The highest BCUT2D eigenvalue weighted by Crippen LogP contribution is 2.36. The zero-order chi connectivity index (χ0) is 20.4. The molecule has 0 aliphatic heterocycles. The molecule has 0 unspecified atom stereocenters. The van der Waals surface area contributed by atoms with E-state index in [0.717, 1.165) is 0 Å². The maximum Gasteiger partial charge on any atom is 0.279 e. The summed E-state index contributed by atoms with van der Waals surface area (Å²) in [6.07, 6.45) is 0. The highest BCUT2D eigenvalue weighted by molar-refractivity contribution is 5.97. The number of nitrogens with two attached hydrogens (primary N) is 2. The van der Waals surface area contributed by atoms with Crippen LogP contribution in [0.2, 0.25) is 0 Å². The van der Waals surface area contributed by atoms with Crippen molar-refractivity contribution in [1.82, 2.24) is 5.16 Å². The normalized spacial score (nSPS) is 9.77. The van der Waals surface area contributed by atoms with E-state index in [0.29, 0.717) is 22.6 Å². The molecular formula is C18H18Cl2N6O4. The van der Waals surface area contributed by atoms with E-state index < -0.39 is 4.92 Å². The lowest BCUT2D eigenvalue weighted by molar-refractivity contribution is -0.384. The third-order valence-electron chi connectivity index (χ3n) is 4.07. The quantitative estimate of drug-likeness (QED) is 0.191. The van der Waals surface area contributed by atoms with Crippen molar-refractivity contribution < 1.29 is 14.2 Å². The Hall–Kier alpha value is -3.63. The molecule has 0 amide bonds. The van der Waals surface area contributed by atoms with Crippen LogP contribution >= 0.6 is 24.8 Å². The smallest absolute Gasteiger partial charge is 0.279 e. The van der Waals surface area contributed by atoms with E-state index >= 15 is 0 Å². The molecule has 1 heterocycles. The van der Waals surface area contributed by atoms with Gasteiger partial charge in [0.25, 0.3) is 5.69 Å². The molecule has 2 aromatic carbocycles. The van der Waals surface area contributed by atoms with Gasteiger partial charge in [-0.3, -0.25) is 20.9 Å². The molecule has 0 radical (unpaired) electrons. The van der Waals surface area contributed by atoms with Crippen molar-refractivity contribution in [1.29, 1.82) is 10.8 Å². The average molecular weight is 453 g/mol. The molecule has 0 saturated heterocycles. The third kappa shape index (κ3) is 4.67. The number of nitro benzene ring substituents is 1. The van der Waals surface area contributed by atoms with Crippen molar-refractivity contribution in [3.63, 3.8) is 0 Å². The van der Waals surface area contributed by atoms with Gasteiger partial charge < -0.3 is 20.7 Å². The highest BCUT2D eigenvalue weighted by Gasteiger charge is 2.21. The number of halogens is 2. The SMILES string of the molecule is COc1ccc(C(=N)N)cc1-c1cc(-c2ccc(C(=N)N)cc2[N+](=O)[O-])no1.Cl.Cl. The van der Waals surface area contributed by atoms with Crippen LogP contribution in [0.1, 0.15) is 11.1 Å². The largest absolute Gasteiger partial charge is 0.496 e. The minimum absolute atomic E-state index is 0. The molecule has 0 aliphatic rings. The Balaban J connectivity index is 0.00000225. The molecule has 158 valence electrons. The summed E-state index contributed by atoms with van der Waals surface area (Å²) in [7, 11) is 1.48. The van der Waals surface area contributed by atoms with E-state index in [1.54, 1.807) is 18.2 Å². The van der Waals surface area contributed by atoms with Crippen LogP contribution in [-0.2, 0) is 0 Å². The van der Waals surface area contributed by atoms with Crippen LogP contribution in [-0.4, -0.2) is 28.9 Å². The van der Waals surface area contributed by atoms with Gasteiger partial charge in [-0.1, -0.05) is 11.2 Å². The van der Waals surface area contributed by atoms with Crippen LogP contribution in [0.4, 0.5) is 5.69 Å². The molecular weight excluding hydrogens is 435 g/mol. The van der Waals surface area contributed by atoms with Crippen LogP contribution < -0.4 is 16.2 Å². The van der Waals surface area contributed by atoms with E-state index in [1.807, 2.05) is 0 Å². The van der Waals surface area contributed by atoms with Gasteiger partial charge in [0, 0.05) is 23.3 Å². The van der Waals surface area contributed by atoms with Crippen molar-refractivity contribution in [2.75, 3.05) is 7.11 Å². The maximum atomic E-state index is 11.4. The van der Waals surface area contributed by atoms with Gasteiger partial charge in [0.05, 0.1) is 23.2 Å². The summed E-state index contributed by atoms with van der Waals surface area (Å²) < 4.78 is 10.7. The Morgan fingerprint density at radius 2 is 1.63 bits per heavy atom. The lowest BCUT2D eigenvalue weighted by Crippen LogP contribution is -2.11. The third-order valence-corrected chi connectivity index (χ3v) is 4.07. The number of nitro groups is 1. The standard InChI is InChI=1S/C18H16N6O4.2ClH/c1-27-15-5-3-9(17(19)20)6-12(15)16-8-13(23-28-16)11-4-2-10(18(21)22)7-14(11)24(25)26;;/h2-8H,1H3,(H3,19,20)(H3,21,22);2*1H. The van der Waals surface area contributed by atoms with Crippen molar-refractivity contribution in [2.45, 2.75) is 0 Å². The van der Waals surface area contributed by atoms with E-state index in [-0.39, 0.29) is 59.0 Å². The molecule has 0 spiro atoms. The molecule has 1 aromatic heterocycles. The van der Waals surface area contributed by atoms with Crippen molar-refractivity contribution >= 4 is 42.2 Å². The summed E-state index contributed by atoms with van der Waals surface area (Å²) in [6.45, 7) is 0. The summed E-state index contributed by atoms with van der Waals surface area (Å²) in [5.74, 6) is 0.356. The van der Waals surface area contributed by atoms with Crippen LogP contribution in [0.5, 0.6) is 5.75 Å². The second-order valence-corrected chi connectivity index (χ2v) is 5.81. The number of aromatic nitrogens is 1. The highest BCUT2D eigenvalue weighted by atomic mass is 35.5. The minimum atomic E-state index is -0.576. The Labute approximate surface area is 183 Å². The van der Waals surface area contributed by atoms with Crippen LogP contribution in [0.25, 0.3) is 22.6 Å². The molecule has 0 fully saturated rings. The van der Waals surface area contributed by atoms with Gasteiger partial charge in [-0.25, -0.2) is 0 Å². The van der Waals surface area contributed by atoms with Gasteiger partial charge in [-0.2, -0.15) is 0 Å². The number of benzene rings is 2. The number of hydrogen-bond donors (Lipinski definition) is 4. The van der Waals surface area contributed by atoms with Crippen molar-refractivity contribution in [3.8, 4) is 28.3 Å². The van der Waals surface area contributed by atoms with Gasteiger partial charge in [0.2, 0.25) is 0 Å². The number of nitrogen functional groups attached to an aromatic ring is 2. The minimum Gasteiger partial charge on any atom is -0.496 e. The summed E-state index contributed by atoms with van der Waals surface area (Å²) in [6, 6.07) is 10.6. The van der Waals surface area contributed by atoms with E-state index in [4.69, 9.17) is 31.5 Å². The number of amidine groups is 2. The first kappa shape index (κ1) is 24.4. The Kier molecular flexibility index (Phi) is 7.91. The molecule has 0 bridgehead atoms. The number of nitrogens with one attached hydrogen (secondary N) is 2. The first-order valence-corrected chi connectivity index (χ1v) is 7.94. The van der Waals surface area contributed by atoms with Gasteiger partial charge in [0.15, 0.2) is 5.76 Å². The molecule has 3 rings (SSSR count). The van der Waals surface area contributed by atoms with Crippen molar-refractivity contribution in [3.05, 3.63) is 63.7 Å². The molecule has 6 N–H and O–H groups in total. The average Bonchev–Trinajstić information content (AvgIpc) is 3.16. The summed E-state index contributed by atoms with van der Waals surface area (Å²) in [5, 5.41) is 30.4. The first-order valence-electron chi connectivity index (χ1n) is 7.94. The Morgan fingerprint density at radius 3 is 2.20 bits per heavy atom.